The van der Waals surface area contributed by atoms with Gasteiger partial charge in [-0.1, -0.05) is 50.5 Å². The third-order valence-corrected chi connectivity index (χ3v) is 4.40. The van der Waals surface area contributed by atoms with Crippen molar-refractivity contribution in [1.29, 1.82) is 0 Å². The van der Waals surface area contributed by atoms with Crippen LogP contribution in [-0.4, -0.2) is 35.1 Å². The standard InChI is InChI=1S/C19H27BrFN3O4/c1-10(2)8-14(16(25)24-15(17(26)27)19(3,4)5)23-18(28)22-13-7-6-11(20)9-12(13)21/h6-7,9-10,14-15H,8H2,1-5H3,(H,24,25)(H,26,27)(H2,22,23,28)/t14-,15?/m0/s1. The fraction of sp³-hybridized carbons (Fsp3) is 0.526. The number of carbonyl (C=O) groups excluding carboxylic acids is 2. The molecule has 0 spiro atoms. The number of nitrogens with one attached hydrogen (secondary N) is 3. The molecule has 9 heteroatoms. The third kappa shape index (κ3) is 7.46. The largest absolute Gasteiger partial charge is 0.480 e. The number of hydrogen-bond acceptors (Lipinski definition) is 3. The molecule has 0 fully saturated rings. The first-order valence-electron chi connectivity index (χ1n) is 8.87. The van der Waals surface area contributed by atoms with E-state index in [0.717, 1.165) is 0 Å². The number of aliphatic carboxylic acids is 1. The van der Waals surface area contributed by atoms with Crippen LogP contribution in [0.15, 0.2) is 22.7 Å². The fourth-order valence-corrected chi connectivity index (χ4v) is 2.84. The maximum atomic E-state index is 13.9. The van der Waals surface area contributed by atoms with Gasteiger partial charge in [0.1, 0.15) is 17.9 Å². The zero-order valence-corrected chi connectivity index (χ0v) is 18.2. The van der Waals surface area contributed by atoms with Crippen LogP contribution in [0.3, 0.4) is 0 Å². The third-order valence-electron chi connectivity index (χ3n) is 3.91. The Morgan fingerprint density at radius 2 is 1.79 bits per heavy atom. The van der Waals surface area contributed by atoms with Crippen LogP contribution in [-0.2, 0) is 9.59 Å². The SMILES string of the molecule is CC(C)C[C@H](NC(=O)Nc1ccc(Br)cc1F)C(=O)NC(C(=O)O)C(C)(C)C. The van der Waals surface area contributed by atoms with Crippen LogP contribution in [0, 0.1) is 17.2 Å². The molecule has 4 N–H and O–H groups in total. The number of carboxylic acids is 1. The Labute approximate surface area is 172 Å². The molecule has 2 atom stereocenters. The predicted octanol–water partition coefficient (Wildman–Crippen LogP) is 3.74. The van der Waals surface area contributed by atoms with Gasteiger partial charge in [0.25, 0.3) is 0 Å². The Balaban J connectivity index is 2.90. The van der Waals surface area contributed by atoms with Gasteiger partial charge in [0, 0.05) is 4.47 Å². The summed E-state index contributed by atoms with van der Waals surface area (Å²) in [6.45, 7) is 8.82. The molecule has 0 radical (unpaired) electrons. The smallest absolute Gasteiger partial charge is 0.326 e. The lowest BCUT2D eigenvalue weighted by atomic mass is 9.86. The van der Waals surface area contributed by atoms with Crippen molar-refractivity contribution in [2.24, 2.45) is 11.3 Å². The highest BCUT2D eigenvalue weighted by molar-refractivity contribution is 9.10. The van der Waals surface area contributed by atoms with E-state index in [1.807, 2.05) is 13.8 Å². The first kappa shape index (κ1) is 23.9. The Morgan fingerprint density at radius 1 is 1.18 bits per heavy atom. The lowest BCUT2D eigenvalue weighted by Gasteiger charge is -2.30. The van der Waals surface area contributed by atoms with Crippen LogP contribution in [0.5, 0.6) is 0 Å². The predicted molar refractivity (Wildman–Crippen MR) is 109 cm³/mol. The number of hydrogen-bond donors (Lipinski definition) is 4. The minimum atomic E-state index is -1.16. The van der Waals surface area contributed by atoms with Crippen molar-refractivity contribution in [3.63, 3.8) is 0 Å². The summed E-state index contributed by atoms with van der Waals surface area (Å²) in [5, 5.41) is 16.7. The van der Waals surface area contributed by atoms with Crippen molar-refractivity contribution in [3.05, 3.63) is 28.5 Å². The van der Waals surface area contributed by atoms with Gasteiger partial charge < -0.3 is 21.1 Å². The second kappa shape index (κ2) is 9.86. The van der Waals surface area contributed by atoms with E-state index < -0.39 is 41.2 Å². The highest BCUT2D eigenvalue weighted by Crippen LogP contribution is 2.21. The first-order chi connectivity index (χ1) is 12.8. The average molecular weight is 460 g/mol. The van der Waals surface area contributed by atoms with Crippen molar-refractivity contribution >= 4 is 39.5 Å². The number of carbonyl (C=O) groups is 3. The molecule has 0 saturated heterocycles. The van der Waals surface area contributed by atoms with Crippen LogP contribution in [0.4, 0.5) is 14.9 Å². The summed E-state index contributed by atoms with van der Waals surface area (Å²) in [7, 11) is 0. The second-order valence-corrected chi connectivity index (χ2v) is 8.97. The van der Waals surface area contributed by atoms with Gasteiger partial charge in [0.05, 0.1) is 5.69 Å². The Kier molecular flexibility index (Phi) is 8.41. The topological polar surface area (TPSA) is 108 Å². The van der Waals surface area contributed by atoms with E-state index in [4.69, 9.17) is 0 Å². The molecule has 0 heterocycles. The van der Waals surface area contributed by atoms with E-state index in [0.29, 0.717) is 10.9 Å². The Hall–Kier alpha value is -2.16. The van der Waals surface area contributed by atoms with E-state index in [-0.39, 0.29) is 11.6 Å². The second-order valence-electron chi connectivity index (χ2n) is 8.05. The quantitative estimate of drug-likeness (QED) is 0.497. The van der Waals surface area contributed by atoms with Gasteiger partial charge in [0.2, 0.25) is 5.91 Å². The van der Waals surface area contributed by atoms with Crippen molar-refractivity contribution in [3.8, 4) is 0 Å². The Morgan fingerprint density at radius 3 is 2.25 bits per heavy atom. The molecule has 0 aliphatic rings. The minimum absolute atomic E-state index is 0.0393. The minimum Gasteiger partial charge on any atom is -0.480 e. The van der Waals surface area contributed by atoms with E-state index >= 15 is 0 Å². The molecule has 1 aromatic carbocycles. The van der Waals surface area contributed by atoms with E-state index in [1.165, 1.54) is 12.1 Å². The maximum absolute atomic E-state index is 13.9. The molecule has 0 aliphatic heterocycles. The summed E-state index contributed by atoms with van der Waals surface area (Å²) in [6.07, 6.45) is 0.290. The van der Waals surface area contributed by atoms with E-state index in [1.54, 1.807) is 26.8 Å². The fourth-order valence-electron chi connectivity index (χ4n) is 2.50. The molecule has 1 rings (SSSR count). The summed E-state index contributed by atoms with van der Waals surface area (Å²) in [6, 6.07) is 1.30. The average Bonchev–Trinajstić information content (AvgIpc) is 2.52. The zero-order valence-electron chi connectivity index (χ0n) is 16.6. The summed E-state index contributed by atoms with van der Waals surface area (Å²) < 4.78 is 14.4. The van der Waals surface area contributed by atoms with Gasteiger partial charge in [-0.05, 0) is 36.0 Å². The Bertz CT molecular complexity index is 734. The van der Waals surface area contributed by atoms with Crippen LogP contribution in [0.2, 0.25) is 0 Å². The number of halogens is 2. The number of amides is 3. The molecule has 156 valence electrons. The van der Waals surface area contributed by atoms with Gasteiger partial charge in [0.15, 0.2) is 0 Å². The van der Waals surface area contributed by atoms with Crippen molar-refractivity contribution in [1.82, 2.24) is 10.6 Å². The van der Waals surface area contributed by atoms with Gasteiger partial charge in [-0.2, -0.15) is 0 Å². The van der Waals surface area contributed by atoms with Crippen LogP contribution >= 0.6 is 15.9 Å². The van der Waals surface area contributed by atoms with Gasteiger partial charge >= 0.3 is 12.0 Å². The van der Waals surface area contributed by atoms with Gasteiger partial charge in [-0.3, -0.25) is 4.79 Å². The molecule has 3 amide bonds. The molecular weight excluding hydrogens is 433 g/mol. The first-order valence-corrected chi connectivity index (χ1v) is 9.66. The molecule has 0 aliphatic carbocycles. The van der Waals surface area contributed by atoms with Crippen molar-refractivity contribution in [2.75, 3.05) is 5.32 Å². The normalized spacial score (nSPS) is 13.6. The number of carboxylic acid groups (broad SMARTS) is 1. The molecule has 1 unspecified atom stereocenters. The molecule has 1 aromatic rings. The number of anilines is 1. The van der Waals surface area contributed by atoms with E-state index in [9.17, 15) is 23.9 Å². The summed E-state index contributed by atoms with van der Waals surface area (Å²) >= 11 is 3.13. The molecule has 7 nitrogen and oxygen atoms in total. The van der Waals surface area contributed by atoms with E-state index in [2.05, 4.69) is 31.9 Å². The summed E-state index contributed by atoms with van der Waals surface area (Å²) in [4.78, 5) is 36.4. The molecule has 0 aromatic heterocycles. The maximum Gasteiger partial charge on any atom is 0.326 e. The molecular formula is C19H27BrFN3O4. The molecule has 0 saturated carbocycles. The number of rotatable bonds is 7. The summed E-state index contributed by atoms with van der Waals surface area (Å²) in [5.41, 5.74) is -0.755. The number of urea groups is 1. The lowest BCUT2D eigenvalue weighted by Crippen LogP contribution is -2.56. The highest BCUT2D eigenvalue weighted by atomic mass is 79.9. The molecule has 0 bridgehead atoms. The summed E-state index contributed by atoms with van der Waals surface area (Å²) in [5.74, 6) is -2.35. The highest BCUT2D eigenvalue weighted by Gasteiger charge is 2.35. The zero-order chi connectivity index (χ0) is 21.6. The molecule has 28 heavy (non-hydrogen) atoms. The van der Waals surface area contributed by atoms with Crippen LogP contribution < -0.4 is 16.0 Å². The van der Waals surface area contributed by atoms with Crippen LogP contribution in [0.25, 0.3) is 0 Å². The lowest BCUT2D eigenvalue weighted by molar-refractivity contribution is -0.145. The number of benzene rings is 1. The monoisotopic (exact) mass is 459 g/mol. The van der Waals surface area contributed by atoms with Crippen molar-refractivity contribution in [2.45, 2.75) is 53.1 Å². The van der Waals surface area contributed by atoms with Gasteiger partial charge in [-0.15, -0.1) is 0 Å². The van der Waals surface area contributed by atoms with Crippen LogP contribution in [0.1, 0.15) is 41.0 Å². The van der Waals surface area contributed by atoms with Crippen molar-refractivity contribution < 1.29 is 23.9 Å². The van der Waals surface area contributed by atoms with Gasteiger partial charge in [-0.25, -0.2) is 14.0 Å².